The number of rotatable bonds is 3. The van der Waals surface area contributed by atoms with Gasteiger partial charge < -0.3 is 17.2 Å². The average molecular weight is 330 g/mol. The summed E-state index contributed by atoms with van der Waals surface area (Å²) in [6, 6.07) is 12.0. The number of hydrogen-bond donors (Lipinski definition) is 3. The molecule has 0 radical (unpaired) electrons. The van der Waals surface area contributed by atoms with Crippen LogP contribution in [-0.4, -0.2) is 17.7 Å². The van der Waals surface area contributed by atoms with E-state index in [-0.39, 0.29) is 17.7 Å². The topological polar surface area (TPSA) is 120 Å². The third-order valence-corrected chi connectivity index (χ3v) is 3.32. The van der Waals surface area contributed by atoms with Crippen LogP contribution in [0.3, 0.4) is 0 Å². The Morgan fingerprint density at radius 1 is 1.00 bits per heavy atom. The molecule has 0 amide bonds. The van der Waals surface area contributed by atoms with Gasteiger partial charge in [-0.05, 0) is 25.1 Å². The van der Waals surface area contributed by atoms with Crippen molar-refractivity contribution in [3.63, 3.8) is 0 Å². The van der Waals surface area contributed by atoms with Crippen LogP contribution in [0.25, 0.3) is 0 Å². The number of carbonyl (C=O) groups excluding carboxylic acids is 1. The van der Waals surface area contributed by atoms with Gasteiger partial charge in [0.25, 0.3) is 0 Å². The van der Waals surface area contributed by atoms with E-state index in [0.29, 0.717) is 21.8 Å². The molecule has 7 heteroatoms. The van der Waals surface area contributed by atoms with Gasteiger partial charge in [-0.15, -0.1) is 0 Å². The maximum atomic E-state index is 12.5. The molecule has 0 aliphatic heterocycles. The molecule has 0 heterocycles. The minimum Gasteiger partial charge on any atom is -0.370 e. The van der Waals surface area contributed by atoms with Crippen molar-refractivity contribution in [1.82, 2.24) is 0 Å². The maximum Gasteiger partial charge on any atom is 0.223 e. The first kappa shape index (κ1) is 16.5. The summed E-state index contributed by atoms with van der Waals surface area (Å²) in [5.74, 6) is -0.500. The lowest BCUT2D eigenvalue weighted by molar-refractivity contribution is 0.103. The lowest BCUT2D eigenvalue weighted by Crippen LogP contribution is -2.26. The molecule has 118 valence electrons. The van der Waals surface area contributed by atoms with Crippen molar-refractivity contribution in [3.8, 4) is 0 Å². The Bertz CT molecular complexity index is 793. The summed E-state index contributed by atoms with van der Waals surface area (Å²) in [5, 5.41) is 0.333. The van der Waals surface area contributed by atoms with Crippen LogP contribution in [0.1, 0.15) is 21.5 Å². The van der Waals surface area contributed by atoms with Crippen LogP contribution in [-0.2, 0) is 0 Å². The number of aliphatic imine (C=N–C) groups is 2. The van der Waals surface area contributed by atoms with Crippen molar-refractivity contribution in [3.05, 3.63) is 64.2 Å². The van der Waals surface area contributed by atoms with E-state index in [4.69, 9.17) is 28.8 Å². The van der Waals surface area contributed by atoms with Crippen LogP contribution in [0.2, 0.25) is 5.02 Å². The summed E-state index contributed by atoms with van der Waals surface area (Å²) in [6.45, 7) is 1.95. The lowest BCUT2D eigenvalue weighted by atomic mass is 10.0. The second-order valence-electron chi connectivity index (χ2n) is 4.87. The van der Waals surface area contributed by atoms with Gasteiger partial charge in [0.2, 0.25) is 5.96 Å². The van der Waals surface area contributed by atoms with Gasteiger partial charge >= 0.3 is 0 Å². The molecular formula is C16H16ClN5O. The Balaban J connectivity index is 2.38. The van der Waals surface area contributed by atoms with E-state index in [1.807, 2.05) is 19.1 Å². The van der Waals surface area contributed by atoms with Crippen LogP contribution in [0.5, 0.6) is 0 Å². The molecule has 0 bridgehead atoms. The van der Waals surface area contributed by atoms with Crippen molar-refractivity contribution in [2.75, 3.05) is 0 Å². The highest BCUT2D eigenvalue weighted by Crippen LogP contribution is 2.27. The van der Waals surface area contributed by atoms with Crippen molar-refractivity contribution in [2.45, 2.75) is 6.92 Å². The predicted octanol–water partition coefficient (Wildman–Crippen LogP) is 2.10. The van der Waals surface area contributed by atoms with Crippen molar-refractivity contribution in [1.29, 1.82) is 0 Å². The Kier molecular flexibility index (Phi) is 4.98. The monoisotopic (exact) mass is 329 g/mol. The van der Waals surface area contributed by atoms with Gasteiger partial charge in [-0.2, -0.15) is 4.99 Å². The van der Waals surface area contributed by atoms with Gasteiger partial charge in [0.05, 0.1) is 10.7 Å². The van der Waals surface area contributed by atoms with E-state index in [2.05, 4.69) is 9.98 Å². The molecule has 0 saturated heterocycles. The largest absolute Gasteiger partial charge is 0.370 e. The number of nitrogens with zero attached hydrogens (tertiary/aromatic N) is 2. The predicted molar refractivity (Wildman–Crippen MR) is 93.2 cm³/mol. The molecule has 6 N–H and O–H groups in total. The van der Waals surface area contributed by atoms with Crippen molar-refractivity contribution in [2.24, 2.45) is 27.2 Å². The van der Waals surface area contributed by atoms with Crippen molar-refractivity contribution < 1.29 is 4.79 Å². The molecule has 2 aromatic carbocycles. The van der Waals surface area contributed by atoms with Crippen molar-refractivity contribution >= 4 is 35.0 Å². The van der Waals surface area contributed by atoms with Crippen LogP contribution in [0.15, 0.2) is 52.4 Å². The Hall–Kier alpha value is -2.86. The first-order chi connectivity index (χ1) is 10.9. The third-order valence-electron chi connectivity index (χ3n) is 3.00. The highest BCUT2D eigenvalue weighted by atomic mass is 35.5. The molecule has 23 heavy (non-hydrogen) atoms. The third kappa shape index (κ3) is 4.31. The minimum absolute atomic E-state index is 0.140. The second kappa shape index (κ2) is 6.93. The first-order valence-corrected chi connectivity index (χ1v) is 7.09. The quantitative estimate of drug-likeness (QED) is 0.453. The zero-order valence-electron chi connectivity index (χ0n) is 12.5. The molecule has 0 aliphatic rings. The summed E-state index contributed by atoms with van der Waals surface area (Å²) in [4.78, 5) is 20.1. The molecule has 0 saturated carbocycles. The van der Waals surface area contributed by atoms with E-state index >= 15 is 0 Å². The fraction of sp³-hybridized carbons (Fsp3) is 0.0625. The number of ketones is 1. The Morgan fingerprint density at radius 2 is 1.61 bits per heavy atom. The van der Waals surface area contributed by atoms with E-state index in [1.165, 1.54) is 0 Å². The molecule has 2 aromatic rings. The molecule has 0 fully saturated rings. The van der Waals surface area contributed by atoms with Crippen LogP contribution < -0.4 is 17.2 Å². The van der Waals surface area contributed by atoms with Gasteiger partial charge in [-0.3, -0.25) is 4.79 Å². The molecule has 2 rings (SSSR count). The fourth-order valence-electron chi connectivity index (χ4n) is 1.89. The molecule has 0 atom stereocenters. The molecule has 0 aromatic heterocycles. The number of benzene rings is 2. The lowest BCUT2D eigenvalue weighted by Gasteiger charge is -2.05. The Morgan fingerprint density at radius 3 is 2.22 bits per heavy atom. The number of guanidine groups is 2. The van der Waals surface area contributed by atoms with E-state index in [0.717, 1.165) is 5.56 Å². The summed E-state index contributed by atoms with van der Waals surface area (Å²) in [7, 11) is 0. The van der Waals surface area contributed by atoms with E-state index in [9.17, 15) is 4.79 Å². The number of hydrogen-bond acceptors (Lipinski definition) is 2. The fourth-order valence-corrected chi connectivity index (χ4v) is 2.05. The summed E-state index contributed by atoms with van der Waals surface area (Å²) < 4.78 is 0. The van der Waals surface area contributed by atoms with Crippen LogP contribution >= 0.6 is 11.6 Å². The van der Waals surface area contributed by atoms with Gasteiger partial charge in [0.15, 0.2) is 11.7 Å². The smallest absolute Gasteiger partial charge is 0.223 e. The number of halogens is 1. The second-order valence-corrected chi connectivity index (χ2v) is 5.28. The molecule has 0 unspecified atom stereocenters. The van der Waals surface area contributed by atoms with Gasteiger partial charge in [-0.25, -0.2) is 4.99 Å². The standard InChI is InChI=1S/C16H16ClN5O/c1-9-2-4-10(5-3-9)14(23)11-6-7-12(17)13(8-11)21-16(20)22-15(18)19/h2-8H,1H3,(H6,18,19,20,21,22). The Labute approximate surface area is 138 Å². The van der Waals surface area contributed by atoms with Crippen LogP contribution in [0, 0.1) is 6.92 Å². The minimum atomic E-state index is -0.214. The number of aryl methyl sites for hydroxylation is 1. The number of carbonyl (C=O) groups is 1. The highest BCUT2D eigenvalue weighted by molar-refractivity contribution is 6.33. The summed E-state index contributed by atoms with van der Waals surface area (Å²) in [6.07, 6.45) is 0. The average Bonchev–Trinajstić information content (AvgIpc) is 2.49. The van der Waals surface area contributed by atoms with Gasteiger partial charge in [-0.1, -0.05) is 41.4 Å². The molecule has 0 aliphatic carbocycles. The zero-order chi connectivity index (χ0) is 17.0. The number of nitrogens with two attached hydrogens (primary N) is 3. The maximum absolute atomic E-state index is 12.5. The SMILES string of the molecule is Cc1ccc(C(=O)c2ccc(Cl)c(N=C(N)N=C(N)N)c2)cc1. The van der Waals surface area contributed by atoms with Crippen LogP contribution in [0.4, 0.5) is 5.69 Å². The summed E-state index contributed by atoms with van der Waals surface area (Å²) >= 11 is 6.06. The van der Waals surface area contributed by atoms with E-state index < -0.39 is 0 Å². The molecule has 0 spiro atoms. The van der Waals surface area contributed by atoms with Gasteiger partial charge in [0, 0.05) is 11.1 Å². The first-order valence-electron chi connectivity index (χ1n) is 6.71. The van der Waals surface area contributed by atoms with Gasteiger partial charge in [0.1, 0.15) is 0 Å². The normalized spacial score (nSPS) is 11.1. The summed E-state index contributed by atoms with van der Waals surface area (Å²) in [5.41, 5.74) is 18.5. The highest BCUT2D eigenvalue weighted by Gasteiger charge is 2.11. The molecule has 6 nitrogen and oxygen atoms in total. The van der Waals surface area contributed by atoms with E-state index in [1.54, 1.807) is 30.3 Å². The zero-order valence-corrected chi connectivity index (χ0v) is 13.2. The molecular weight excluding hydrogens is 314 g/mol.